The van der Waals surface area contributed by atoms with Crippen molar-refractivity contribution in [1.29, 1.82) is 0 Å². The maximum Gasteiger partial charge on any atom is 0.115 e. The fraction of sp³-hybridized carbons (Fsp3) is 0.700. The van der Waals surface area contributed by atoms with Gasteiger partial charge in [-0.3, -0.25) is 0 Å². The van der Waals surface area contributed by atoms with Crippen molar-refractivity contribution >= 4 is 0 Å². The summed E-state index contributed by atoms with van der Waals surface area (Å²) in [6.07, 6.45) is 8.19. The largest absolute Gasteiger partial charge is 0.392 e. The third-order valence-corrected chi connectivity index (χ3v) is 4.09. The topological polar surface area (TPSA) is 57.2 Å². The third-order valence-electron chi connectivity index (χ3n) is 4.09. The molecule has 4 atom stereocenters. The third kappa shape index (κ3) is 8.79. The Morgan fingerprint density at radius 2 is 1.76 bits per heavy atom. The molecule has 1 N–H and O–H groups in total. The van der Waals surface area contributed by atoms with E-state index in [1.54, 1.807) is 6.08 Å². The van der Waals surface area contributed by atoms with Gasteiger partial charge in [0.2, 0.25) is 0 Å². The lowest BCUT2D eigenvalue weighted by Crippen LogP contribution is -2.55. The molecule has 1 heterocycles. The number of rotatable bonds is 11. The molecule has 2 aliphatic rings. The summed E-state index contributed by atoms with van der Waals surface area (Å²) in [5.74, 6) is 0.722. The summed E-state index contributed by atoms with van der Waals surface area (Å²) >= 11 is 0. The van der Waals surface area contributed by atoms with E-state index in [2.05, 4.69) is 19.7 Å². The van der Waals surface area contributed by atoms with Crippen LogP contribution in [0, 0.1) is 5.92 Å². The van der Waals surface area contributed by atoms with Gasteiger partial charge in [-0.05, 0) is 32.1 Å². The van der Waals surface area contributed by atoms with Crippen LogP contribution < -0.4 is 0 Å². The molecule has 0 aromatic rings. The molecule has 0 aromatic heterocycles. The lowest BCUT2D eigenvalue weighted by molar-refractivity contribution is -0.224. The zero-order chi connectivity index (χ0) is 18.5. The van der Waals surface area contributed by atoms with Gasteiger partial charge in [-0.15, -0.1) is 19.7 Å². The predicted molar refractivity (Wildman–Crippen MR) is 99.7 cm³/mol. The molecule has 0 amide bonds. The molecule has 1 saturated heterocycles. The van der Waals surface area contributed by atoms with Gasteiger partial charge in [-0.2, -0.15) is 0 Å². The first-order valence-corrected chi connectivity index (χ1v) is 9.07. The molecule has 144 valence electrons. The van der Waals surface area contributed by atoms with E-state index >= 15 is 0 Å². The van der Waals surface area contributed by atoms with Crippen molar-refractivity contribution in [3.8, 4) is 0 Å². The summed E-state index contributed by atoms with van der Waals surface area (Å²) in [6.45, 7) is 15.3. The van der Waals surface area contributed by atoms with Gasteiger partial charge in [-0.25, -0.2) is 0 Å². The van der Waals surface area contributed by atoms with E-state index in [0.29, 0.717) is 19.8 Å². The minimum atomic E-state index is -0.102. The molecular formula is C20H34O5. The number of aliphatic hydroxyl groups excluding tert-OH is 1. The average Bonchev–Trinajstić information content (AvgIpc) is 3.45. The lowest BCUT2D eigenvalue weighted by atomic mass is 10.00. The molecule has 1 aliphatic carbocycles. The van der Waals surface area contributed by atoms with Gasteiger partial charge >= 0.3 is 0 Å². The molecule has 5 heteroatoms. The van der Waals surface area contributed by atoms with Crippen LogP contribution in [0.2, 0.25) is 0 Å². The zero-order valence-corrected chi connectivity index (χ0v) is 15.5. The zero-order valence-electron chi connectivity index (χ0n) is 15.5. The van der Waals surface area contributed by atoms with Crippen molar-refractivity contribution in [2.45, 2.75) is 50.6 Å². The van der Waals surface area contributed by atoms with Crippen LogP contribution in [0.15, 0.2) is 38.0 Å². The summed E-state index contributed by atoms with van der Waals surface area (Å²) in [4.78, 5) is 0. The van der Waals surface area contributed by atoms with Gasteiger partial charge in [-0.1, -0.05) is 18.2 Å². The van der Waals surface area contributed by atoms with E-state index in [9.17, 15) is 0 Å². The molecule has 1 saturated carbocycles. The van der Waals surface area contributed by atoms with Gasteiger partial charge in [0.1, 0.15) is 18.3 Å². The fourth-order valence-corrected chi connectivity index (χ4v) is 2.50. The molecule has 5 nitrogen and oxygen atoms in total. The highest BCUT2D eigenvalue weighted by atomic mass is 16.6. The van der Waals surface area contributed by atoms with Crippen molar-refractivity contribution in [3.63, 3.8) is 0 Å². The minimum absolute atomic E-state index is 0.0258. The van der Waals surface area contributed by atoms with Crippen LogP contribution in [-0.2, 0) is 18.9 Å². The Morgan fingerprint density at radius 3 is 2.32 bits per heavy atom. The molecule has 0 spiro atoms. The van der Waals surface area contributed by atoms with Crippen molar-refractivity contribution in [1.82, 2.24) is 0 Å². The Kier molecular flexibility index (Phi) is 11.7. The van der Waals surface area contributed by atoms with Gasteiger partial charge in [0.15, 0.2) is 0 Å². The number of hydrogen-bond acceptors (Lipinski definition) is 5. The second-order valence-electron chi connectivity index (χ2n) is 6.32. The van der Waals surface area contributed by atoms with E-state index in [-0.39, 0.29) is 31.0 Å². The van der Waals surface area contributed by atoms with Gasteiger partial charge in [0.25, 0.3) is 0 Å². The highest BCUT2D eigenvalue weighted by Crippen LogP contribution is 2.31. The van der Waals surface area contributed by atoms with Gasteiger partial charge in [0, 0.05) is 0 Å². The summed E-state index contributed by atoms with van der Waals surface area (Å²) < 4.78 is 23.7. The fourth-order valence-electron chi connectivity index (χ4n) is 2.50. The molecule has 2 rings (SSSR count). The van der Waals surface area contributed by atoms with Crippen LogP contribution >= 0.6 is 0 Å². The van der Waals surface area contributed by atoms with Crippen molar-refractivity contribution < 1.29 is 24.1 Å². The normalized spacial score (nSPS) is 28.6. The predicted octanol–water partition coefficient (Wildman–Crippen LogP) is 2.90. The Bertz CT molecular complexity index is 380. The number of hydrogen-bond donors (Lipinski definition) is 1. The van der Waals surface area contributed by atoms with Crippen LogP contribution in [-0.4, -0.2) is 62.6 Å². The molecule has 2 fully saturated rings. The highest BCUT2D eigenvalue weighted by Gasteiger charge is 2.41. The smallest absolute Gasteiger partial charge is 0.115 e. The second-order valence-corrected chi connectivity index (χ2v) is 6.32. The van der Waals surface area contributed by atoms with E-state index in [4.69, 9.17) is 24.1 Å². The average molecular weight is 354 g/mol. The monoisotopic (exact) mass is 354 g/mol. The number of aliphatic hydroxyl groups is 1. The minimum Gasteiger partial charge on any atom is -0.392 e. The van der Waals surface area contributed by atoms with Crippen LogP contribution in [0.3, 0.4) is 0 Å². The molecule has 0 bridgehead atoms. The highest BCUT2D eigenvalue weighted by molar-refractivity contribution is 4.90. The first-order valence-electron chi connectivity index (χ1n) is 9.07. The Labute approximate surface area is 152 Å². The SMILES string of the molecule is C=CCCO[C@@H]1COC(C)[C@H](OCC2CC2)[C@H]1OCC=C.C=CCO. The van der Waals surface area contributed by atoms with Gasteiger partial charge < -0.3 is 24.1 Å². The second kappa shape index (κ2) is 13.3. The summed E-state index contributed by atoms with van der Waals surface area (Å²) in [6, 6.07) is 0. The maximum atomic E-state index is 7.76. The van der Waals surface area contributed by atoms with Crippen molar-refractivity contribution in [3.05, 3.63) is 38.0 Å². The number of ether oxygens (including phenoxy) is 4. The molecule has 0 aromatic carbocycles. The lowest BCUT2D eigenvalue weighted by Gasteiger charge is -2.41. The van der Waals surface area contributed by atoms with Gasteiger partial charge in [0.05, 0.1) is 39.1 Å². The van der Waals surface area contributed by atoms with E-state index in [1.165, 1.54) is 18.9 Å². The van der Waals surface area contributed by atoms with Crippen molar-refractivity contribution in [2.75, 3.05) is 33.0 Å². The maximum absolute atomic E-state index is 7.76. The van der Waals surface area contributed by atoms with Crippen LogP contribution in [0.4, 0.5) is 0 Å². The Hall–Kier alpha value is -0.980. The molecule has 1 unspecified atom stereocenters. The first-order chi connectivity index (χ1) is 12.2. The van der Waals surface area contributed by atoms with Crippen LogP contribution in [0.1, 0.15) is 26.2 Å². The first kappa shape index (κ1) is 22.1. The summed E-state index contributed by atoms with van der Waals surface area (Å²) in [5, 5.41) is 7.76. The molecule has 0 radical (unpaired) electrons. The molecule has 1 aliphatic heterocycles. The van der Waals surface area contributed by atoms with E-state index in [0.717, 1.165) is 18.9 Å². The van der Waals surface area contributed by atoms with E-state index in [1.807, 2.05) is 13.0 Å². The Balaban J connectivity index is 0.000000705. The van der Waals surface area contributed by atoms with Crippen LogP contribution in [0.5, 0.6) is 0 Å². The summed E-state index contributed by atoms with van der Waals surface area (Å²) in [5.41, 5.74) is 0. The van der Waals surface area contributed by atoms with Crippen molar-refractivity contribution in [2.24, 2.45) is 5.92 Å². The molecule has 25 heavy (non-hydrogen) atoms. The quantitative estimate of drug-likeness (QED) is 0.457. The Morgan fingerprint density at radius 1 is 1.04 bits per heavy atom. The molecular weight excluding hydrogens is 320 g/mol. The summed E-state index contributed by atoms with van der Waals surface area (Å²) in [7, 11) is 0. The standard InChI is InChI=1S/C17H28O4.C3H6O/c1-4-6-10-18-15-12-20-13(3)16(17(15)19-9-5-2)21-11-14-7-8-14;1-2-3-4/h4-5,13-17H,1-2,6-12H2,3H3;2,4H,1,3H2/t13?,15-,16+,17+;/m1./s1. The van der Waals surface area contributed by atoms with Crippen LogP contribution in [0.25, 0.3) is 0 Å². The van der Waals surface area contributed by atoms with E-state index < -0.39 is 0 Å².